The molecule has 3 heteroatoms. The van der Waals surface area contributed by atoms with Gasteiger partial charge in [-0.05, 0) is 87.0 Å². The third-order valence-corrected chi connectivity index (χ3v) is 9.03. The topological polar surface area (TPSA) is 35.3 Å². The van der Waals surface area contributed by atoms with E-state index in [1.54, 1.807) is 0 Å². The van der Waals surface area contributed by atoms with Crippen LogP contribution in [0.25, 0.3) is 77.8 Å². The molecule has 9 rings (SSSR count). The van der Waals surface area contributed by atoms with E-state index < -0.39 is 0 Å². The zero-order valence-electron chi connectivity index (χ0n) is 25.1. The number of rotatable bonds is 4. The second kappa shape index (κ2) is 11.0. The van der Waals surface area contributed by atoms with E-state index in [0.29, 0.717) is 13.2 Å². The molecule has 218 valence electrons. The van der Waals surface area contributed by atoms with Crippen molar-refractivity contribution in [2.75, 3.05) is 0 Å². The first-order valence-corrected chi connectivity index (χ1v) is 15.7. The van der Waals surface area contributed by atoms with Crippen molar-refractivity contribution in [1.82, 2.24) is 4.98 Å². The number of aromatic nitrogens is 1. The first-order valence-electron chi connectivity index (χ1n) is 15.7. The summed E-state index contributed by atoms with van der Waals surface area (Å²) in [5.74, 6) is 0. The Morgan fingerprint density at radius 2 is 0.913 bits per heavy atom. The van der Waals surface area contributed by atoms with Crippen LogP contribution in [0.2, 0.25) is 0 Å². The molecule has 0 N–H and O–H groups in total. The molecule has 2 aromatic heterocycles. The highest BCUT2D eigenvalue weighted by Crippen LogP contribution is 2.40. The fourth-order valence-corrected chi connectivity index (χ4v) is 6.65. The van der Waals surface area contributed by atoms with Gasteiger partial charge in [-0.25, -0.2) is 4.98 Å². The third kappa shape index (κ3) is 4.70. The Hall–Kier alpha value is -5.77. The maximum atomic E-state index is 6.17. The van der Waals surface area contributed by atoms with Crippen LogP contribution in [0.3, 0.4) is 0 Å². The minimum Gasteiger partial charge on any atom is -0.456 e. The molecule has 8 aromatic rings. The molecule has 0 bridgehead atoms. The fraction of sp³-hybridized carbons (Fsp3) is 0.0465. The van der Waals surface area contributed by atoms with Gasteiger partial charge in [-0.3, -0.25) is 0 Å². The largest absolute Gasteiger partial charge is 0.456 e. The quantitative estimate of drug-likeness (QED) is 0.204. The highest BCUT2D eigenvalue weighted by atomic mass is 16.5. The lowest BCUT2D eigenvalue weighted by Crippen LogP contribution is -1.93. The molecule has 1 aliphatic heterocycles. The minimum atomic E-state index is 0.577. The number of furan rings is 1. The summed E-state index contributed by atoms with van der Waals surface area (Å²) in [4.78, 5) is 5.09. The Balaban J connectivity index is 1.18. The van der Waals surface area contributed by atoms with Crippen molar-refractivity contribution in [2.45, 2.75) is 13.2 Å². The number of pyridine rings is 1. The molecule has 0 aliphatic carbocycles. The first-order chi connectivity index (χ1) is 22.8. The Kier molecular flexibility index (Phi) is 6.36. The van der Waals surface area contributed by atoms with E-state index in [0.717, 1.165) is 55.6 Å². The van der Waals surface area contributed by atoms with Crippen LogP contribution in [-0.4, -0.2) is 4.98 Å². The van der Waals surface area contributed by atoms with Gasteiger partial charge in [0.1, 0.15) is 11.2 Å². The zero-order chi connectivity index (χ0) is 30.5. The normalized spacial score (nSPS) is 12.5. The molecule has 0 amide bonds. The highest BCUT2D eigenvalue weighted by Gasteiger charge is 2.18. The van der Waals surface area contributed by atoms with Gasteiger partial charge in [0, 0.05) is 21.9 Å². The monoisotopic (exact) mass is 591 g/mol. The van der Waals surface area contributed by atoms with Gasteiger partial charge in [0.05, 0.1) is 24.6 Å². The summed E-state index contributed by atoms with van der Waals surface area (Å²) in [6.45, 7) is 1.16. The van der Waals surface area contributed by atoms with E-state index in [2.05, 4.69) is 127 Å². The van der Waals surface area contributed by atoms with Crippen LogP contribution in [0.5, 0.6) is 0 Å². The average molecular weight is 592 g/mol. The van der Waals surface area contributed by atoms with E-state index in [4.69, 9.17) is 14.1 Å². The van der Waals surface area contributed by atoms with E-state index in [1.807, 2.05) is 24.3 Å². The van der Waals surface area contributed by atoms with Gasteiger partial charge in [0.2, 0.25) is 0 Å². The third-order valence-electron chi connectivity index (χ3n) is 9.03. The Morgan fingerprint density at radius 3 is 1.57 bits per heavy atom. The zero-order valence-corrected chi connectivity index (χ0v) is 25.1. The summed E-state index contributed by atoms with van der Waals surface area (Å²) in [5.41, 5.74) is 15.4. The fourth-order valence-electron chi connectivity index (χ4n) is 6.65. The maximum absolute atomic E-state index is 6.17. The Morgan fingerprint density at radius 1 is 0.391 bits per heavy atom. The molecule has 0 fully saturated rings. The van der Waals surface area contributed by atoms with Gasteiger partial charge in [0.15, 0.2) is 0 Å². The second-order valence-electron chi connectivity index (χ2n) is 11.9. The second-order valence-corrected chi connectivity index (χ2v) is 11.9. The van der Waals surface area contributed by atoms with Crippen LogP contribution in [0, 0.1) is 0 Å². The summed E-state index contributed by atoms with van der Waals surface area (Å²) < 4.78 is 12.3. The summed E-state index contributed by atoms with van der Waals surface area (Å²) in [6, 6.07) is 53.5. The molecule has 0 saturated heterocycles. The smallest absolute Gasteiger partial charge is 0.135 e. The number of nitrogens with zero attached hydrogens (tertiary/aromatic N) is 1. The van der Waals surface area contributed by atoms with Crippen molar-refractivity contribution < 1.29 is 9.15 Å². The molecular weight excluding hydrogens is 562 g/mol. The van der Waals surface area contributed by atoms with Crippen molar-refractivity contribution in [3.8, 4) is 55.9 Å². The van der Waals surface area contributed by atoms with Crippen molar-refractivity contribution >= 4 is 21.9 Å². The van der Waals surface area contributed by atoms with E-state index in [-0.39, 0.29) is 0 Å². The van der Waals surface area contributed by atoms with Gasteiger partial charge in [-0.15, -0.1) is 0 Å². The van der Waals surface area contributed by atoms with Gasteiger partial charge in [0.25, 0.3) is 0 Å². The lowest BCUT2D eigenvalue weighted by molar-refractivity contribution is 0.110. The number of ether oxygens (including phenoxy) is 1. The van der Waals surface area contributed by atoms with Crippen LogP contribution in [-0.2, 0) is 18.0 Å². The van der Waals surface area contributed by atoms with Gasteiger partial charge < -0.3 is 9.15 Å². The molecule has 0 unspecified atom stereocenters. The molecule has 3 heterocycles. The Labute approximate surface area is 267 Å². The lowest BCUT2D eigenvalue weighted by atomic mass is 9.90. The van der Waals surface area contributed by atoms with Crippen molar-refractivity contribution in [3.05, 3.63) is 163 Å². The molecule has 0 saturated carbocycles. The lowest BCUT2D eigenvalue weighted by Gasteiger charge is -2.15. The van der Waals surface area contributed by atoms with Crippen LogP contribution < -0.4 is 0 Å². The number of hydrogen-bond acceptors (Lipinski definition) is 3. The number of hydrogen-bond donors (Lipinski definition) is 0. The van der Waals surface area contributed by atoms with E-state index >= 15 is 0 Å². The molecule has 0 atom stereocenters. The molecule has 3 nitrogen and oxygen atoms in total. The highest BCUT2D eigenvalue weighted by molar-refractivity contribution is 6.06. The number of fused-ring (bicyclic) bond motifs is 6. The number of para-hydroxylation sites is 1. The van der Waals surface area contributed by atoms with Crippen molar-refractivity contribution in [2.24, 2.45) is 0 Å². The maximum Gasteiger partial charge on any atom is 0.135 e. The SMILES string of the molecule is c1ccc(-c2cc(-c3ccc4c(c3)-c3cc(-c5ccc6oc7ccccc7c6c5)ccc3COC4)cc(-c3ccccc3)n2)cc1. The predicted octanol–water partition coefficient (Wildman–Crippen LogP) is 11.3. The predicted molar refractivity (Wildman–Crippen MR) is 187 cm³/mol. The Bertz CT molecular complexity index is 2330. The first kappa shape index (κ1) is 26.6. The van der Waals surface area contributed by atoms with Gasteiger partial charge >= 0.3 is 0 Å². The van der Waals surface area contributed by atoms with Crippen LogP contribution >= 0.6 is 0 Å². The van der Waals surface area contributed by atoms with Crippen LogP contribution in [0.15, 0.2) is 156 Å². The molecule has 6 aromatic carbocycles. The molecule has 0 radical (unpaired) electrons. The van der Waals surface area contributed by atoms with Crippen LogP contribution in [0.4, 0.5) is 0 Å². The average Bonchev–Trinajstić information content (AvgIpc) is 3.40. The van der Waals surface area contributed by atoms with Crippen LogP contribution in [0.1, 0.15) is 11.1 Å². The van der Waals surface area contributed by atoms with E-state index in [1.165, 1.54) is 33.4 Å². The van der Waals surface area contributed by atoms with Gasteiger partial charge in [-0.1, -0.05) is 109 Å². The van der Waals surface area contributed by atoms with E-state index in [9.17, 15) is 0 Å². The summed E-state index contributed by atoms with van der Waals surface area (Å²) in [7, 11) is 0. The standard InChI is InChI=1S/C43H29NO2/c1-3-9-28(10-4-1)40-24-35(25-41(44-40)29-11-5-2-6-12-29)32-16-18-34-27-45-26-33-17-15-30(21-37(33)38(34)22-32)31-19-20-43-39(23-31)36-13-7-8-14-42(36)46-43/h1-25H,26-27H2. The van der Waals surface area contributed by atoms with Crippen molar-refractivity contribution in [3.63, 3.8) is 0 Å². The number of benzene rings is 6. The summed E-state index contributed by atoms with van der Waals surface area (Å²) >= 11 is 0. The molecule has 1 aliphatic rings. The van der Waals surface area contributed by atoms with Gasteiger partial charge in [-0.2, -0.15) is 0 Å². The van der Waals surface area contributed by atoms with Crippen molar-refractivity contribution in [1.29, 1.82) is 0 Å². The summed E-state index contributed by atoms with van der Waals surface area (Å²) in [5, 5.41) is 2.27. The summed E-state index contributed by atoms with van der Waals surface area (Å²) in [6.07, 6.45) is 0. The minimum absolute atomic E-state index is 0.577. The molecular formula is C43H29NO2. The molecule has 46 heavy (non-hydrogen) atoms. The molecule has 0 spiro atoms.